The first-order valence-corrected chi connectivity index (χ1v) is 12.3. The first-order valence-electron chi connectivity index (χ1n) is 12.3. The lowest BCUT2D eigenvalue weighted by Crippen LogP contribution is -2.44. The Bertz CT molecular complexity index is 1710. The topological polar surface area (TPSA) is 143 Å². The predicted octanol–water partition coefficient (Wildman–Crippen LogP) is 0.475. The van der Waals surface area contributed by atoms with Crippen LogP contribution in [-0.4, -0.2) is 60.9 Å². The van der Waals surface area contributed by atoms with E-state index in [0.29, 0.717) is 30.4 Å². The van der Waals surface area contributed by atoms with Crippen LogP contribution in [0.5, 0.6) is 0 Å². The molecule has 4 aromatic heterocycles. The number of methoxy groups -OCH3 is 1. The van der Waals surface area contributed by atoms with Crippen LogP contribution in [0.2, 0.25) is 0 Å². The molecule has 4 aromatic rings. The van der Waals surface area contributed by atoms with Gasteiger partial charge in [0.2, 0.25) is 5.95 Å². The molecule has 1 aliphatic rings. The van der Waals surface area contributed by atoms with Gasteiger partial charge in [-0.3, -0.25) is 23.3 Å². The molecule has 1 fully saturated rings. The SMILES string of the molecule is CC#CCn1c(N2CCCC(N)C2)nc2c1c(=O)n(Cc1ccc3cccnc3n1)c(=O)n2CC(=O)OC. The first kappa shape index (κ1) is 25.2. The molecule has 0 radical (unpaired) electrons. The van der Waals surface area contributed by atoms with Gasteiger partial charge in [-0.1, -0.05) is 5.92 Å². The molecule has 1 unspecified atom stereocenters. The van der Waals surface area contributed by atoms with E-state index in [1.54, 1.807) is 29.8 Å². The number of ether oxygens (including phenoxy) is 1. The number of carbonyl (C=O) groups is 1. The molecule has 1 saturated heterocycles. The minimum absolute atomic E-state index is 0.0456. The zero-order chi connectivity index (χ0) is 26.8. The molecule has 196 valence electrons. The van der Waals surface area contributed by atoms with E-state index in [0.717, 1.165) is 22.8 Å². The van der Waals surface area contributed by atoms with Crippen LogP contribution in [0.25, 0.3) is 22.2 Å². The highest BCUT2D eigenvalue weighted by Gasteiger charge is 2.27. The van der Waals surface area contributed by atoms with Gasteiger partial charge in [-0.15, -0.1) is 5.92 Å². The average molecular weight is 517 g/mol. The Labute approximate surface area is 217 Å². The van der Waals surface area contributed by atoms with Crippen molar-refractivity contribution in [3.63, 3.8) is 0 Å². The summed E-state index contributed by atoms with van der Waals surface area (Å²) in [5.74, 6) is 5.70. The molecular formula is C26H28N8O4. The summed E-state index contributed by atoms with van der Waals surface area (Å²) in [4.78, 5) is 55.4. The first-order chi connectivity index (χ1) is 18.4. The van der Waals surface area contributed by atoms with Crippen LogP contribution in [0.4, 0.5) is 5.95 Å². The summed E-state index contributed by atoms with van der Waals surface area (Å²) in [7, 11) is 1.24. The third kappa shape index (κ3) is 4.64. The molecule has 2 N–H and O–H groups in total. The number of rotatable bonds is 6. The molecule has 12 heteroatoms. The second kappa shape index (κ2) is 10.5. The lowest BCUT2D eigenvalue weighted by Gasteiger charge is -2.31. The standard InChI is InChI=1S/C26H28N8O4/c1-3-4-13-32-21-23(30-25(32)31-12-6-8-18(27)14-31)33(16-20(35)38-2)26(37)34(24(21)36)15-19-10-9-17-7-5-11-28-22(17)29-19/h5,7,9-11,18H,6,8,12-16,27H2,1-2H3. The molecule has 0 spiro atoms. The lowest BCUT2D eigenvalue weighted by atomic mass is 10.1. The summed E-state index contributed by atoms with van der Waals surface area (Å²) in [5.41, 5.74) is 6.23. The monoisotopic (exact) mass is 516 g/mol. The van der Waals surface area contributed by atoms with E-state index >= 15 is 0 Å². The van der Waals surface area contributed by atoms with E-state index in [2.05, 4.69) is 21.8 Å². The van der Waals surface area contributed by atoms with Crippen molar-refractivity contribution in [3.8, 4) is 11.8 Å². The number of nitrogens with zero attached hydrogens (tertiary/aromatic N) is 7. The Kier molecular flexibility index (Phi) is 6.93. The summed E-state index contributed by atoms with van der Waals surface area (Å²) in [6, 6.07) is 7.21. The molecular weight excluding hydrogens is 488 g/mol. The summed E-state index contributed by atoms with van der Waals surface area (Å²) in [6.07, 6.45) is 3.38. The van der Waals surface area contributed by atoms with Gasteiger partial charge in [0.1, 0.15) is 6.54 Å². The highest BCUT2D eigenvalue weighted by atomic mass is 16.5. The fourth-order valence-electron chi connectivity index (χ4n) is 4.74. The smallest absolute Gasteiger partial charge is 0.333 e. The van der Waals surface area contributed by atoms with Gasteiger partial charge in [0.15, 0.2) is 16.8 Å². The van der Waals surface area contributed by atoms with Crippen molar-refractivity contribution in [1.29, 1.82) is 0 Å². The number of imidazole rings is 1. The highest BCUT2D eigenvalue weighted by molar-refractivity contribution is 5.78. The second-order valence-electron chi connectivity index (χ2n) is 9.13. The van der Waals surface area contributed by atoms with Crippen molar-refractivity contribution in [2.75, 3.05) is 25.1 Å². The normalized spacial score (nSPS) is 15.4. The van der Waals surface area contributed by atoms with Gasteiger partial charge >= 0.3 is 11.7 Å². The van der Waals surface area contributed by atoms with Crippen LogP contribution in [0.15, 0.2) is 40.1 Å². The van der Waals surface area contributed by atoms with Gasteiger partial charge < -0.3 is 15.4 Å². The number of anilines is 1. The van der Waals surface area contributed by atoms with Crippen molar-refractivity contribution in [2.24, 2.45) is 5.73 Å². The number of hydrogen-bond acceptors (Lipinski definition) is 9. The van der Waals surface area contributed by atoms with Gasteiger partial charge in [-0.05, 0) is 44.0 Å². The van der Waals surface area contributed by atoms with E-state index in [1.165, 1.54) is 11.7 Å². The number of esters is 1. The predicted molar refractivity (Wildman–Crippen MR) is 142 cm³/mol. The van der Waals surface area contributed by atoms with E-state index in [1.807, 2.05) is 17.0 Å². The van der Waals surface area contributed by atoms with Gasteiger partial charge in [0.05, 0.1) is 25.9 Å². The van der Waals surface area contributed by atoms with Crippen LogP contribution in [-0.2, 0) is 29.2 Å². The third-order valence-electron chi connectivity index (χ3n) is 6.61. The number of hydrogen-bond donors (Lipinski definition) is 1. The van der Waals surface area contributed by atoms with Crippen molar-refractivity contribution < 1.29 is 9.53 Å². The highest BCUT2D eigenvalue weighted by Crippen LogP contribution is 2.23. The number of piperidine rings is 1. The minimum atomic E-state index is -0.691. The maximum absolute atomic E-state index is 13.9. The molecule has 0 amide bonds. The average Bonchev–Trinajstić information content (AvgIpc) is 3.31. The van der Waals surface area contributed by atoms with E-state index in [9.17, 15) is 14.4 Å². The number of fused-ring (bicyclic) bond motifs is 2. The zero-order valence-corrected chi connectivity index (χ0v) is 21.3. The van der Waals surface area contributed by atoms with Crippen LogP contribution < -0.4 is 21.9 Å². The lowest BCUT2D eigenvalue weighted by molar-refractivity contribution is -0.141. The number of carbonyl (C=O) groups excluding carboxylic acids is 1. The molecule has 38 heavy (non-hydrogen) atoms. The van der Waals surface area contributed by atoms with E-state index < -0.39 is 23.8 Å². The van der Waals surface area contributed by atoms with Crippen LogP contribution >= 0.6 is 0 Å². The largest absolute Gasteiger partial charge is 0.468 e. The maximum Gasteiger partial charge on any atom is 0.333 e. The second-order valence-corrected chi connectivity index (χ2v) is 9.13. The Morgan fingerprint density at radius 3 is 2.79 bits per heavy atom. The molecule has 0 bridgehead atoms. The van der Waals surface area contributed by atoms with Crippen LogP contribution in [0.3, 0.4) is 0 Å². The summed E-state index contributed by atoms with van der Waals surface area (Å²) in [6.45, 7) is 2.61. The number of nitrogens with two attached hydrogens (primary N) is 1. The van der Waals surface area contributed by atoms with Crippen molar-refractivity contribution in [1.82, 2.24) is 28.7 Å². The number of aromatic nitrogens is 6. The molecule has 0 saturated carbocycles. The van der Waals surface area contributed by atoms with Crippen molar-refractivity contribution in [2.45, 2.75) is 45.4 Å². The molecule has 0 aromatic carbocycles. The quantitative estimate of drug-likeness (QED) is 0.286. The molecule has 1 aliphatic heterocycles. The van der Waals surface area contributed by atoms with Gasteiger partial charge in [-0.2, -0.15) is 4.98 Å². The summed E-state index contributed by atoms with van der Waals surface area (Å²) < 4.78 is 8.77. The molecule has 5 heterocycles. The Balaban J connectivity index is 1.74. The van der Waals surface area contributed by atoms with Gasteiger partial charge in [-0.25, -0.2) is 14.8 Å². The molecule has 12 nitrogen and oxygen atoms in total. The Hall–Kier alpha value is -4.50. The molecule has 5 rings (SSSR count). The van der Waals surface area contributed by atoms with Crippen LogP contribution in [0.1, 0.15) is 25.5 Å². The third-order valence-corrected chi connectivity index (χ3v) is 6.61. The van der Waals surface area contributed by atoms with E-state index in [4.69, 9.17) is 15.5 Å². The van der Waals surface area contributed by atoms with E-state index in [-0.39, 0.29) is 30.3 Å². The fraction of sp³-hybridized carbons (Fsp3) is 0.385. The van der Waals surface area contributed by atoms with Crippen LogP contribution in [0, 0.1) is 11.8 Å². The Morgan fingerprint density at radius 1 is 1.18 bits per heavy atom. The maximum atomic E-state index is 13.9. The number of pyridine rings is 2. The van der Waals surface area contributed by atoms with Crippen molar-refractivity contribution >= 4 is 34.1 Å². The van der Waals surface area contributed by atoms with Gasteiger partial charge in [0.25, 0.3) is 5.56 Å². The molecule has 0 aliphatic carbocycles. The zero-order valence-electron chi connectivity index (χ0n) is 21.3. The Morgan fingerprint density at radius 2 is 2.03 bits per heavy atom. The van der Waals surface area contributed by atoms with Gasteiger partial charge in [0, 0.05) is 30.7 Å². The summed E-state index contributed by atoms with van der Waals surface area (Å²) >= 11 is 0. The fourth-order valence-corrected chi connectivity index (χ4v) is 4.74. The molecule has 1 atom stereocenters. The van der Waals surface area contributed by atoms with Crippen molar-refractivity contribution in [3.05, 3.63) is 57.0 Å². The minimum Gasteiger partial charge on any atom is -0.468 e. The summed E-state index contributed by atoms with van der Waals surface area (Å²) in [5, 5.41) is 0.836.